The fourth-order valence-corrected chi connectivity index (χ4v) is 3.91. The van der Waals surface area contributed by atoms with Crippen LogP contribution in [0.15, 0.2) is 12.7 Å². The lowest BCUT2D eigenvalue weighted by Crippen LogP contribution is -2.36. The van der Waals surface area contributed by atoms with Gasteiger partial charge in [0.1, 0.15) is 31.2 Å². The minimum Gasteiger partial charge on any atom is -0.468 e. The van der Waals surface area contributed by atoms with Gasteiger partial charge >= 0.3 is 0 Å². The highest BCUT2D eigenvalue weighted by atomic mass is 32.1. The number of hydrogen-bond donors (Lipinski definition) is 4. The first-order valence-electron chi connectivity index (χ1n) is 10.1. The van der Waals surface area contributed by atoms with Crippen LogP contribution >= 0.6 is 12.2 Å². The van der Waals surface area contributed by atoms with E-state index >= 15 is 0 Å². The Balaban J connectivity index is 1.30. The lowest BCUT2D eigenvalue weighted by Gasteiger charge is -2.17. The van der Waals surface area contributed by atoms with Gasteiger partial charge < -0.3 is 35.1 Å². The third kappa shape index (κ3) is 3.93. The normalized spacial score (nSPS) is 31.2. The first-order chi connectivity index (χ1) is 14.6. The van der Waals surface area contributed by atoms with E-state index in [0.717, 1.165) is 19.3 Å². The summed E-state index contributed by atoms with van der Waals surface area (Å²) in [5.74, 6) is 0.596. The van der Waals surface area contributed by atoms with Gasteiger partial charge in [-0.2, -0.15) is 0 Å². The van der Waals surface area contributed by atoms with E-state index < -0.39 is 24.5 Å². The van der Waals surface area contributed by atoms with Crippen LogP contribution in [0.3, 0.4) is 0 Å². The van der Waals surface area contributed by atoms with Gasteiger partial charge in [-0.1, -0.05) is 0 Å². The fraction of sp³-hybridized carbons (Fsp3) is 0.667. The summed E-state index contributed by atoms with van der Waals surface area (Å²) in [6, 6.07) is 0.541. The molecule has 162 valence electrons. The molecule has 2 unspecified atom stereocenters. The Bertz CT molecular complexity index is 918. The predicted molar refractivity (Wildman–Crippen MR) is 109 cm³/mol. The van der Waals surface area contributed by atoms with Gasteiger partial charge in [-0.3, -0.25) is 4.57 Å². The number of fused-ring (bicyclic) bond motifs is 1. The molecule has 5 rings (SSSR count). The zero-order chi connectivity index (χ0) is 20.7. The monoisotopic (exact) mass is 436 g/mol. The molecule has 2 aromatic heterocycles. The molecule has 3 aliphatic rings. The van der Waals surface area contributed by atoms with Crippen LogP contribution < -0.4 is 10.6 Å². The Hall–Kier alpha value is -2.12. The van der Waals surface area contributed by atoms with Gasteiger partial charge in [0.05, 0.1) is 19.0 Å². The van der Waals surface area contributed by atoms with E-state index in [1.165, 1.54) is 12.7 Å². The molecule has 30 heavy (non-hydrogen) atoms. The molecule has 11 nitrogen and oxygen atoms in total. The van der Waals surface area contributed by atoms with Gasteiger partial charge in [0.2, 0.25) is 0 Å². The SMILES string of the molecule is O[C@@H]1[C@@H](COC(=S)NC2CC2)OC(n2cnc3c(NC4CCOC4)ncnc32)[C@@H]1O. The van der Waals surface area contributed by atoms with Gasteiger partial charge in [-0.15, -0.1) is 0 Å². The number of imidazole rings is 1. The Morgan fingerprint density at radius 1 is 1.20 bits per heavy atom. The molecule has 5 atom stereocenters. The van der Waals surface area contributed by atoms with Crippen molar-refractivity contribution >= 4 is 34.4 Å². The molecule has 12 heteroatoms. The van der Waals surface area contributed by atoms with Crippen molar-refractivity contribution in [2.45, 2.75) is 55.9 Å². The first-order valence-corrected chi connectivity index (χ1v) is 10.5. The number of nitrogens with one attached hydrogen (secondary N) is 2. The summed E-state index contributed by atoms with van der Waals surface area (Å²) in [6.07, 6.45) is 2.10. The summed E-state index contributed by atoms with van der Waals surface area (Å²) in [5.41, 5.74) is 1.05. The maximum atomic E-state index is 10.6. The number of nitrogens with zero attached hydrogens (tertiary/aromatic N) is 4. The zero-order valence-electron chi connectivity index (χ0n) is 16.2. The molecule has 4 heterocycles. The first kappa shape index (κ1) is 19.8. The molecular weight excluding hydrogens is 412 g/mol. The van der Waals surface area contributed by atoms with Gasteiger partial charge in [0, 0.05) is 12.6 Å². The number of rotatable bonds is 6. The molecule has 2 aliphatic heterocycles. The van der Waals surface area contributed by atoms with Crippen molar-refractivity contribution in [3.05, 3.63) is 12.7 Å². The smallest absolute Gasteiger partial charge is 0.256 e. The predicted octanol–water partition coefficient (Wildman–Crippen LogP) is -0.300. The van der Waals surface area contributed by atoms with Crippen LogP contribution in [0, 0.1) is 0 Å². The molecule has 1 saturated carbocycles. The minimum absolute atomic E-state index is 0.0311. The van der Waals surface area contributed by atoms with Gasteiger partial charge in [-0.25, -0.2) is 15.0 Å². The minimum atomic E-state index is -1.17. The van der Waals surface area contributed by atoms with E-state index in [0.29, 0.717) is 36.2 Å². The molecule has 0 amide bonds. The van der Waals surface area contributed by atoms with Gasteiger partial charge in [-0.05, 0) is 31.5 Å². The van der Waals surface area contributed by atoms with E-state index in [1.54, 1.807) is 4.57 Å². The zero-order valence-corrected chi connectivity index (χ0v) is 17.0. The average molecular weight is 436 g/mol. The Morgan fingerprint density at radius 2 is 2.07 bits per heavy atom. The summed E-state index contributed by atoms with van der Waals surface area (Å²) in [5, 5.41) is 27.7. The lowest BCUT2D eigenvalue weighted by atomic mass is 10.1. The molecule has 1 aliphatic carbocycles. The molecule has 0 bridgehead atoms. The Kier molecular flexibility index (Phi) is 5.41. The topological polar surface area (TPSA) is 136 Å². The summed E-state index contributed by atoms with van der Waals surface area (Å²) in [4.78, 5) is 13.0. The van der Waals surface area contributed by atoms with Crippen LogP contribution in [-0.2, 0) is 14.2 Å². The highest BCUT2D eigenvalue weighted by Gasteiger charge is 2.45. The quantitative estimate of drug-likeness (QED) is 0.444. The van der Waals surface area contributed by atoms with Crippen LogP contribution in [0.25, 0.3) is 11.2 Å². The van der Waals surface area contributed by atoms with Crippen LogP contribution in [0.4, 0.5) is 5.82 Å². The molecule has 2 aromatic rings. The molecule has 2 saturated heterocycles. The highest BCUT2D eigenvalue weighted by Crippen LogP contribution is 2.32. The molecular formula is C18H24N6O5S. The van der Waals surface area contributed by atoms with E-state index in [9.17, 15) is 10.2 Å². The maximum Gasteiger partial charge on any atom is 0.256 e. The van der Waals surface area contributed by atoms with Crippen molar-refractivity contribution in [3.63, 3.8) is 0 Å². The second kappa shape index (κ2) is 8.19. The molecule has 0 radical (unpaired) electrons. The fourth-order valence-electron chi connectivity index (χ4n) is 3.68. The maximum absolute atomic E-state index is 10.6. The molecule has 0 spiro atoms. The third-order valence-corrected chi connectivity index (χ3v) is 5.75. The number of aliphatic hydroxyl groups excluding tert-OH is 2. The summed E-state index contributed by atoms with van der Waals surface area (Å²) in [6.45, 7) is 1.36. The van der Waals surface area contributed by atoms with Gasteiger partial charge in [0.25, 0.3) is 5.17 Å². The van der Waals surface area contributed by atoms with Gasteiger partial charge in [0.15, 0.2) is 23.2 Å². The van der Waals surface area contributed by atoms with Crippen LogP contribution in [0.2, 0.25) is 0 Å². The second-order valence-corrected chi connectivity index (χ2v) is 8.19. The Labute approximate surface area is 177 Å². The van der Waals surface area contributed by atoms with Crippen molar-refractivity contribution in [3.8, 4) is 0 Å². The van der Waals surface area contributed by atoms with E-state index in [4.69, 9.17) is 26.4 Å². The molecule has 4 N–H and O–H groups in total. The van der Waals surface area contributed by atoms with Crippen molar-refractivity contribution < 1.29 is 24.4 Å². The summed E-state index contributed by atoms with van der Waals surface area (Å²) in [7, 11) is 0. The number of aromatic nitrogens is 4. The van der Waals surface area contributed by atoms with Crippen LogP contribution in [0.1, 0.15) is 25.5 Å². The lowest BCUT2D eigenvalue weighted by molar-refractivity contribution is -0.0491. The van der Waals surface area contributed by atoms with Crippen molar-refractivity contribution in [2.24, 2.45) is 0 Å². The number of ether oxygens (including phenoxy) is 3. The van der Waals surface area contributed by atoms with Crippen molar-refractivity contribution in [2.75, 3.05) is 25.1 Å². The standard InChI is InChI=1S/C18H24N6O5S/c25-13-11(6-28-18(30)23-9-1-2-9)29-17(14(13)26)24-8-21-12-15(19-7-20-16(12)24)22-10-3-4-27-5-10/h7-11,13-14,17,25-26H,1-6H2,(H,23,30)(H,19,20,22)/t10?,11-,13-,14-,17?/m1/s1. The largest absolute Gasteiger partial charge is 0.468 e. The highest BCUT2D eigenvalue weighted by molar-refractivity contribution is 7.80. The number of thiocarbonyl (C=S) groups is 1. The molecule has 0 aromatic carbocycles. The van der Waals surface area contributed by atoms with Crippen LogP contribution in [0.5, 0.6) is 0 Å². The summed E-state index contributed by atoms with van der Waals surface area (Å²) < 4.78 is 18.4. The number of aliphatic hydroxyl groups is 2. The van der Waals surface area contributed by atoms with E-state index in [2.05, 4.69) is 25.6 Å². The Morgan fingerprint density at radius 3 is 2.83 bits per heavy atom. The third-order valence-electron chi connectivity index (χ3n) is 5.52. The van der Waals surface area contributed by atoms with Crippen molar-refractivity contribution in [1.29, 1.82) is 0 Å². The average Bonchev–Trinajstić information content (AvgIpc) is 3.12. The number of anilines is 1. The second-order valence-electron chi connectivity index (χ2n) is 7.81. The van der Waals surface area contributed by atoms with Crippen molar-refractivity contribution in [1.82, 2.24) is 24.8 Å². The van der Waals surface area contributed by atoms with E-state index in [1.807, 2.05) is 0 Å². The molecule has 3 fully saturated rings. The summed E-state index contributed by atoms with van der Waals surface area (Å²) >= 11 is 5.14. The number of hydrogen-bond acceptors (Lipinski definition) is 10. The van der Waals surface area contributed by atoms with E-state index in [-0.39, 0.29) is 17.8 Å². The van der Waals surface area contributed by atoms with Crippen LogP contribution in [-0.4, -0.2) is 85.1 Å².